The number of ether oxygens (including phenoxy) is 1. The molecule has 144 valence electrons. The van der Waals surface area contributed by atoms with Gasteiger partial charge in [-0.3, -0.25) is 4.79 Å². The first kappa shape index (κ1) is 19.1. The lowest BCUT2D eigenvalue weighted by atomic mass is 10.0. The molecule has 1 amide bonds. The summed E-state index contributed by atoms with van der Waals surface area (Å²) in [7, 11) is 0. The van der Waals surface area contributed by atoms with E-state index in [1.807, 2.05) is 6.92 Å². The highest BCUT2D eigenvalue weighted by molar-refractivity contribution is 5.96. The molecule has 1 aromatic heterocycles. The molecular formula is C19H20F3N3O2. The van der Waals surface area contributed by atoms with E-state index in [9.17, 15) is 18.0 Å². The molecule has 0 spiro atoms. The van der Waals surface area contributed by atoms with E-state index in [2.05, 4.69) is 9.97 Å². The SMILES string of the molecule is Cc1cc(O[C@H]2CCCN(C(=O)c3ccccc3C(F)(F)F)C2)nc(C)n1. The maximum Gasteiger partial charge on any atom is 0.417 e. The quantitative estimate of drug-likeness (QED) is 0.814. The molecule has 1 aliphatic heterocycles. The molecule has 1 saturated heterocycles. The number of nitrogens with zero attached hydrogens (tertiary/aromatic N) is 3. The Labute approximate surface area is 155 Å². The first-order chi connectivity index (χ1) is 12.7. The fourth-order valence-electron chi connectivity index (χ4n) is 3.22. The second-order valence-electron chi connectivity index (χ2n) is 6.57. The normalized spacial score (nSPS) is 17.7. The van der Waals surface area contributed by atoms with Gasteiger partial charge in [-0.25, -0.2) is 4.98 Å². The Hall–Kier alpha value is -2.64. The number of likely N-dealkylation sites (tertiary alicyclic amines) is 1. The number of benzene rings is 1. The third-order valence-electron chi connectivity index (χ3n) is 4.36. The van der Waals surface area contributed by atoms with Gasteiger partial charge in [-0.05, 0) is 38.8 Å². The summed E-state index contributed by atoms with van der Waals surface area (Å²) in [5, 5.41) is 0. The van der Waals surface area contributed by atoms with Crippen LogP contribution < -0.4 is 4.74 Å². The van der Waals surface area contributed by atoms with Crippen LogP contribution in [-0.4, -0.2) is 40.0 Å². The minimum Gasteiger partial charge on any atom is -0.472 e. The molecule has 8 heteroatoms. The lowest BCUT2D eigenvalue weighted by molar-refractivity contribution is -0.138. The largest absolute Gasteiger partial charge is 0.472 e. The van der Waals surface area contributed by atoms with Crippen molar-refractivity contribution in [1.82, 2.24) is 14.9 Å². The van der Waals surface area contributed by atoms with Gasteiger partial charge in [0.15, 0.2) is 0 Å². The van der Waals surface area contributed by atoms with Gasteiger partial charge in [0.05, 0.1) is 17.7 Å². The number of alkyl halides is 3. The van der Waals surface area contributed by atoms with Crippen LogP contribution in [0.5, 0.6) is 5.88 Å². The molecule has 27 heavy (non-hydrogen) atoms. The zero-order valence-corrected chi connectivity index (χ0v) is 15.1. The van der Waals surface area contributed by atoms with Crippen LogP contribution in [0.15, 0.2) is 30.3 Å². The number of carbonyl (C=O) groups is 1. The Morgan fingerprint density at radius 3 is 2.67 bits per heavy atom. The van der Waals surface area contributed by atoms with Gasteiger partial charge in [-0.1, -0.05) is 12.1 Å². The summed E-state index contributed by atoms with van der Waals surface area (Å²) in [6, 6.07) is 6.56. The van der Waals surface area contributed by atoms with Crippen LogP contribution >= 0.6 is 0 Å². The number of aromatic nitrogens is 2. The average molecular weight is 379 g/mol. The highest BCUT2D eigenvalue weighted by Gasteiger charge is 2.36. The van der Waals surface area contributed by atoms with Gasteiger partial charge in [0.1, 0.15) is 11.9 Å². The van der Waals surface area contributed by atoms with E-state index in [0.29, 0.717) is 31.1 Å². The molecule has 1 aliphatic rings. The number of carbonyl (C=O) groups excluding carboxylic acids is 1. The summed E-state index contributed by atoms with van der Waals surface area (Å²) in [6.07, 6.45) is -3.55. The molecule has 0 radical (unpaired) electrons. The first-order valence-corrected chi connectivity index (χ1v) is 8.68. The summed E-state index contributed by atoms with van der Waals surface area (Å²) in [4.78, 5) is 22.5. The van der Waals surface area contributed by atoms with Crippen molar-refractivity contribution < 1.29 is 22.7 Å². The number of hydrogen-bond acceptors (Lipinski definition) is 4. The molecule has 0 unspecified atom stereocenters. The minimum atomic E-state index is -4.58. The van der Waals surface area contributed by atoms with Crippen molar-refractivity contribution in [1.29, 1.82) is 0 Å². The van der Waals surface area contributed by atoms with Crippen molar-refractivity contribution >= 4 is 5.91 Å². The molecule has 2 aromatic rings. The number of hydrogen-bond donors (Lipinski definition) is 0. The van der Waals surface area contributed by atoms with Crippen LogP contribution in [-0.2, 0) is 6.18 Å². The standard InChI is InChI=1S/C19H20F3N3O2/c1-12-10-17(24-13(2)23-12)27-14-6-5-9-25(11-14)18(26)15-7-3-4-8-16(15)19(20,21)22/h3-4,7-8,10,14H,5-6,9,11H2,1-2H3/t14-/m0/s1. The summed E-state index contributed by atoms with van der Waals surface area (Å²) in [6.45, 7) is 4.19. The third kappa shape index (κ3) is 4.56. The number of piperidine rings is 1. The van der Waals surface area contributed by atoms with E-state index in [1.165, 1.54) is 23.1 Å². The van der Waals surface area contributed by atoms with Crippen LogP contribution in [0.1, 0.15) is 40.3 Å². The second-order valence-corrected chi connectivity index (χ2v) is 6.57. The average Bonchev–Trinajstić information content (AvgIpc) is 2.60. The lowest BCUT2D eigenvalue weighted by Crippen LogP contribution is -2.45. The van der Waals surface area contributed by atoms with E-state index >= 15 is 0 Å². The maximum absolute atomic E-state index is 13.2. The van der Waals surface area contributed by atoms with Crippen molar-refractivity contribution in [3.63, 3.8) is 0 Å². The molecule has 0 aliphatic carbocycles. The predicted molar refractivity (Wildman–Crippen MR) is 92.5 cm³/mol. The number of rotatable bonds is 3. The fourth-order valence-corrected chi connectivity index (χ4v) is 3.22. The van der Waals surface area contributed by atoms with Crippen LogP contribution in [0.4, 0.5) is 13.2 Å². The topological polar surface area (TPSA) is 55.3 Å². The van der Waals surface area contributed by atoms with E-state index in [0.717, 1.165) is 11.8 Å². The van der Waals surface area contributed by atoms with Gasteiger partial charge in [-0.2, -0.15) is 18.2 Å². The van der Waals surface area contributed by atoms with Crippen LogP contribution in [0.2, 0.25) is 0 Å². The predicted octanol–water partition coefficient (Wildman–Crippen LogP) is 3.80. The highest BCUT2D eigenvalue weighted by Crippen LogP contribution is 2.32. The van der Waals surface area contributed by atoms with E-state index in [1.54, 1.807) is 13.0 Å². The van der Waals surface area contributed by atoms with Crippen molar-refractivity contribution in [2.45, 2.75) is 39.0 Å². The number of aryl methyl sites for hydroxylation is 2. The maximum atomic E-state index is 13.2. The molecular weight excluding hydrogens is 359 g/mol. The van der Waals surface area contributed by atoms with Gasteiger partial charge in [0.2, 0.25) is 5.88 Å². The molecule has 3 rings (SSSR count). The molecule has 2 heterocycles. The first-order valence-electron chi connectivity index (χ1n) is 8.68. The van der Waals surface area contributed by atoms with Gasteiger partial charge >= 0.3 is 6.18 Å². The Morgan fingerprint density at radius 2 is 1.96 bits per heavy atom. The van der Waals surface area contributed by atoms with Gasteiger partial charge < -0.3 is 9.64 Å². The smallest absolute Gasteiger partial charge is 0.417 e. The molecule has 0 saturated carbocycles. The van der Waals surface area contributed by atoms with Crippen LogP contribution in [0.3, 0.4) is 0 Å². The Balaban J connectivity index is 1.76. The van der Waals surface area contributed by atoms with Crippen molar-refractivity contribution in [2.24, 2.45) is 0 Å². The molecule has 0 bridgehead atoms. The molecule has 1 atom stereocenters. The van der Waals surface area contributed by atoms with Crippen molar-refractivity contribution in [3.05, 3.63) is 53.0 Å². The van der Waals surface area contributed by atoms with E-state index < -0.39 is 17.6 Å². The molecule has 0 N–H and O–H groups in total. The number of halogens is 3. The summed E-state index contributed by atoms with van der Waals surface area (Å²) < 4.78 is 45.5. The molecule has 1 fully saturated rings. The second kappa shape index (κ2) is 7.54. The Kier molecular flexibility index (Phi) is 5.34. The molecule has 1 aromatic carbocycles. The van der Waals surface area contributed by atoms with Crippen molar-refractivity contribution in [2.75, 3.05) is 13.1 Å². The minimum absolute atomic E-state index is 0.215. The summed E-state index contributed by atoms with van der Waals surface area (Å²) in [5.74, 6) is 0.356. The van der Waals surface area contributed by atoms with E-state index in [-0.39, 0.29) is 18.2 Å². The summed E-state index contributed by atoms with van der Waals surface area (Å²) in [5.41, 5.74) is -0.486. The van der Waals surface area contributed by atoms with E-state index in [4.69, 9.17) is 4.74 Å². The summed E-state index contributed by atoms with van der Waals surface area (Å²) >= 11 is 0. The van der Waals surface area contributed by atoms with Crippen LogP contribution in [0.25, 0.3) is 0 Å². The van der Waals surface area contributed by atoms with Gasteiger partial charge in [0, 0.05) is 18.3 Å². The monoisotopic (exact) mass is 379 g/mol. The fraction of sp³-hybridized carbons (Fsp3) is 0.421. The zero-order valence-electron chi connectivity index (χ0n) is 15.1. The lowest BCUT2D eigenvalue weighted by Gasteiger charge is -2.33. The Bertz CT molecular complexity index is 819. The molecule has 5 nitrogen and oxygen atoms in total. The van der Waals surface area contributed by atoms with Gasteiger partial charge in [-0.15, -0.1) is 0 Å². The van der Waals surface area contributed by atoms with Gasteiger partial charge in [0.25, 0.3) is 5.91 Å². The Morgan fingerprint density at radius 1 is 1.22 bits per heavy atom. The zero-order chi connectivity index (χ0) is 19.6. The highest BCUT2D eigenvalue weighted by atomic mass is 19.4. The van der Waals surface area contributed by atoms with Crippen LogP contribution in [0, 0.1) is 13.8 Å². The number of amides is 1. The van der Waals surface area contributed by atoms with Crippen molar-refractivity contribution in [3.8, 4) is 5.88 Å². The third-order valence-corrected chi connectivity index (χ3v) is 4.36.